The quantitative estimate of drug-likeness (QED) is 0.657. The number of carbonyl (C=O) groups is 1. The number of hydrogen-bond acceptors (Lipinski definition) is 4. The standard InChI is InChI=1S/C11H10ClNO5/c1-18-10-6-8(12)7(3-2-4-11(14)15)5-9(10)13(16)17/h2-3,5-6H,4H2,1H3,(H,14,15). The summed E-state index contributed by atoms with van der Waals surface area (Å²) in [5.41, 5.74) is 0.141. The molecular formula is C11H10ClNO5. The Balaban J connectivity index is 3.13. The third-order valence-electron chi connectivity index (χ3n) is 2.08. The highest BCUT2D eigenvalue weighted by atomic mass is 35.5. The minimum atomic E-state index is -0.995. The van der Waals surface area contributed by atoms with Gasteiger partial charge in [-0.05, 0) is 5.56 Å². The fourth-order valence-corrected chi connectivity index (χ4v) is 1.50. The molecule has 18 heavy (non-hydrogen) atoms. The molecule has 0 aliphatic carbocycles. The average molecular weight is 272 g/mol. The van der Waals surface area contributed by atoms with Crippen molar-refractivity contribution in [3.05, 3.63) is 38.9 Å². The summed E-state index contributed by atoms with van der Waals surface area (Å²) in [5.74, 6) is -0.939. The first-order valence-corrected chi connectivity index (χ1v) is 5.23. The van der Waals surface area contributed by atoms with Crippen LogP contribution < -0.4 is 4.74 Å². The van der Waals surface area contributed by atoms with Gasteiger partial charge in [-0.2, -0.15) is 0 Å². The Bertz CT molecular complexity index is 512. The highest BCUT2D eigenvalue weighted by Crippen LogP contribution is 2.33. The van der Waals surface area contributed by atoms with E-state index < -0.39 is 10.9 Å². The normalized spacial score (nSPS) is 10.6. The Morgan fingerprint density at radius 2 is 2.28 bits per heavy atom. The van der Waals surface area contributed by atoms with Gasteiger partial charge in [-0.15, -0.1) is 0 Å². The molecule has 1 aromatic carbocycles. The lowest BCUT2D eigenvalue weighted by atomic mass is 10.1. The summed E-state index contributed by atoms with van der Waals surface area (Å²) in [6.07, 6.45) is 2.60. The monoisotopic (exact) mass is 271 g/mol. The van der Waals surface area contributed by atoms with Gasteiger partial charge in [0, 0.05) is 12.1 Å². The summed E-state index contributed by atoms with van der Waals surface area (Å²) < 4.78 is 4.84. The van der Waals surface area contributed by atoms with Crippen molar-refractivity contribution in [3.63, 3.8) is 0 Å². The average Bonchev–Trinajstić information content (AvgIpc) is 2.29. The minimum absolute atomic E-state index is 0.0559. The summed E-state index contributed by atoms with van der Waals surface area (Å²) in [5, 5.41) is 19.5. The molecule has 0 saturated heterocycles. The van der Waals surface area contributed by atoms with Gasteiger partial charge < -0.3 is 9.84 Å². The van der Waals surface area contributed by atoms with Crippen molar-refractivity contribution in [1.29, 1.82) is 0 Å². The topological polar surface area (TPSA) is 89.7 Å². The number of methoxy groups -OCH3 is 1. The fraction of sp³-hybridized carbons (Fsp3) is 0.182. The highest BCUT2D eigenvalue weighted by molar-refractivity contribution is 6.32. The van der Waals surface area contributed by atoms with Gasteiger partial charge in [0.2, 0.25) is 0 Å². The van der Waals surface area contributed by atoms with E-state index in [-0.39, 0.29) is 22.9 Å². The predicted molar refractivity (Wildman–Crippen MR) is 65.9 cm³/mol. The zero-order valence-corrected chi connectivity index (χ0v) is 10.2. The molecule has 0 aliphatic rings. The van der Waals surface area contributed by atoms with Gasteiger partial charge in [0.15, 0.2) is 5.75 Å². The number of nitro benzene ring substituents is 1. The summed E-state index contributed by atoms with van der Waals surface area (Å²) in [6, 6.07) is 2.56. The van der Waals surface area contributed by atoms with E-state index in [2.05, 4.69) is 0 Å². The van der Waals surface area contributed by atoms with E-state index in [0.29, 0.717) is 5.56 Å². The van der Waals surface area contributed by atoms with Crippen molar-refractivity contribution in [3.8, 4) is 5.75 Å². The second-order valence-corrected chi connectivity index (χ2v) is 3.71. The van der Waals surface area contributed by atoms with E-state index in [1.807, 2.05) is 0 Å². The molecule has 1 N–H and O–H groups in total. The lowest BCUT2D eigenvalue weighted by Gasteiger charge is -2.04. The van der Waals surface area contributed by atoms with Crippen molar-refractivity contribution in [2.24, 2.45) is 0 Å². The number of hydrogen-bond donors (Lipinski definition) is 1. The van der Waals surface area contributed by atoms with Gasteiger partial charge in [0.1, 0.15) is 0 Å². The molecule has 0 heterocycles. The highest BCUT2D eigenvalue weighted by Gasteiger charge is 2.17. The maximum Gasteiger partial charge on any atom is 0.311 e. The molecular weight excluding hydrogens is 262 g/mol. The Labute approximate surface area is 108 Å². The number of ether oxygens (including phenoxy) is 1. The number of benzene rings is 1. The van der Waals surface area contributed by atoms with Crippen molar-refractivity contribution < 1.29 is 19.6 Å². The first-order valence-electron chi connectivity index (χ1n) is 4.86. The number of nitro groups is 1. The molecule has 0 bridgehead atoms. The third-order valence-corrected chi connectivity index (χ3v) is 2.41. The molecule has 0 amide bonds. The van der Waals surface area contributed by atoms with Gasteiger partial charge in [0.25, 0.3) is 0 Å². The first kappa shape index (κ1) is 14.0. The van der Waals surface area contributed by atoms with Crippen LogP contribution in [0.25, 0.3) is 6.08 Å². The Morgan fingerprint density at radius 3 is 2.78 bits per heavy atom. The molecule has 0 saturated carbocycles. The number of aliphatic carboxylic acids is 1. The lowest BCUT2D eigenvalue weighted by Crippen LogP contribution is -1.95. The molecule has 0 aromatic heterocycles. The molecule has 7 heteroatoms. The van der Waals surface area contributed by atoms with Gasteiger partial charge in [-0.1, -0.05) is 23.8 Å². The zero-order chi connectivity index (χ0) is 13.7. The molecule has 1 rings (SSSR count). The molecule has 0 unspecified atom stereocenters. The van der Waals surface area contributed by atoms with Crippen LogP contribution in [0.2, 0.25) is 5.02 Å². The van der Waals surface area contributed by atoms with Crippen LogP contribution in [0.15, 0.2) is 18.2 Å². The van der Waals surface area contributed by atoms with Crippen molar-refractivity contribution in [2.45, 2.75) is 6.42 Å². The second-order valence-electron chi connectivity index (χ2n) is 3.30. The maximum atomic E-state index is 10.8. The summed E-state index contributed by atoms with van der Waals surface area (Å²) >= 11 is 5.90. The number of nitrogens with zero attached hydrogens (tertiary/aromatic N) is 1. The minimum Gasteiger partial charge on any atom is -0.490 e. The molecule has 0 fully saturated rings. The molecule has 1 aromatic rings. The van der Waals surface area contributed by atoms with E-state index >= 15 is 0 Å². The van der Waals surface area contributed by atoms with E-state index in [1.165, 1.54) is 31.4 Å². The van der Waals surface area contributed by atoms with Crippen LogP contribution in [0.5, 0.6) is 5.75 Å². The predicted octanol–water partition coefficient (Wildman–Crippen LogP) is 2.74. The SMILES string of the molecule is COc1cc(Cl)c(C=CCC(=O)O)cc1[N+](=O)[O-]. The van der Waals surface area contributed by atoms with Crippen molar-refractivity contribution >= 4 is 29.3 Å². The Hall–Kier alpha value is -2.08. The summed E-state index contributed by atoms with van der Waals surface area (Å²) in [7, 11) is 1.30. The first-order chi connectivity index (χ1) is 8.45. The van der Waals surface area contributed by atoms with Gasteiger partial charge in [0.05, 0.1) is 23.5 Å². The molecule has 6 nitrogen and oxygen atoms in total. The van der Waals surface area contributed by atoms with Crippen LogP contribution in [-0.4, -0.2) is 23.1 Å². The van der Waals surface area contributed by atoms with Crippen LogP contribution in [0.4, 0.5) is 5.69 Å². The molecule has 0 atom stereocenters. The van der Waals surface area contributed by atoms with Crippen LogP contribution in [0.3, 0.4) is 0 Å². The van der Waals surface area contributed by atoms with E-state index in [0.717, 1.165) is 0 Å². The number of halogens is 1. The molecule has 0 aliphatic heterocycles. The maximum absolute atomic E-state index is 10.8. The van der Waals surface area contributed by atoms with E-state index in [1.54, 1.807) is 0 Å². The van der Waals surface area contributed by atoms with Crippen molar-refractivity contribution in [1.82, 2.24) is 0 Å². The molecule has 0 spiro atoms. The summed E-state index contributed by atoms with van der Waals surface area (Å²) in [6.45, 7) is 0. The van der Waals surface area contributed by atoms with E-state index in [4.69, 9.17) is 21.4 Å². The van der Waals surface area contributed by atoms with Crippen molar-refractivity contribution in [2.75, 3.05) is 7.11 Å². The fourth-order valence-electron chi connectivity index (χ4n) is 1.28. The lowest BCUT2D eigenvalue weighted by molar-refractivity contribution is -0.385. The largest absolute Gasteiger partial charge is 0.490 e. The van der Waals surface area contributed by atoms with Crippen LogP contribution in [0, 0.1) is 10.1 Å². The Kier molecular flexibility index (Phi) is 4.67. The van der Waals surface area contributed by atoms with Gasteiger partial charge in [-0.3, -0.25) is 14.9 Å². The summed E-state index contributed by atoms with van der Waals surface area (Å²) in [4.78, 5) is 20.5. The van der Waals surface area contributed by atoms with E-state index in [9.17, 15) is 14.9 Å². The van der Waals surface area contributed by atoms with Crippen LogP contribution in [-0.2, 0) is 4.79 Å². The number of carboxylic acid groups (broad SMARTS) is 1. The number of carboxylic acids is 1. The number of rotatable bonds is 5. The zero-order valence-electron chi connectivity index (χ0n) is 9.42. The van der Waals surface area contributed by atoms with Gasteiger partial charge >= 0.3 is 11.7 Å². The smallest absolute Gasteiger partial charge is 0.311 e. The Morgan fingerprint density at radius 1 is 1.61 bits per heavy atom. The van der Waals surface area contributed by atoms with Gasteiger partial charge in [-0.25, -0.2) is 0 Å². The molecule has 0 radical (unpaired) electrons. The van der Waals surface area contributed by atoms with Crippen LogP contribution >= 0.6 is 11.6 Å². The molecule has 96 valence electrons. The second kappa shape index (κ2) is 6.02. The van der Waals surface area contributed by atoms with Crippen LogP contribution in [0.1, 0.15) is 12.0 Å². The third kappa shape index (κ3) is 3.46.